The van der Waals surface area contributed by atoms with Gasteiger partial charge in [0.2, 0.25) is 0 Å². The summed E-state index contributed by atoms with van der Waals surface area (Å²) in [6, 6.07) is 0. The second kappa shape index (κ2) is 103. The minimum atomic E-state index is 0.407. The molecule has 9 nitrogen and oxygen atoms in total. The van der Waals surface area contributed by atoms with Gasteiger partial charge in [0.15, 0.2) is 0 Å². The summed E-state index contributed by atoms with van der Waals surface area (Å²) in [5.74, 6) is 15.6. The Balaban J connectivity index is -0.000000175. The van der Waals surface area contributed by atoms with Crippen molar-refractivity contribution in [2.24, 2.45) is 107 Å². The number of carbonyl (C=O) groups excluding carboxylic acids is 9. The van der Waals surface area contributed by atoms with Crippen LogP contribution in [0.15, 0.2) is 0 Å². The van der Waals surface area contributed by atoms with E-state index in [9.17, 15) is 43.2 Å². The lowest BCUT2D eigenvalue weighted by Gasteiger charge is -2.05. The third-order valence-electron chi connectivity index (χ3n) is 21.3. The molecule has 0 heterocycles. The average molecular weight is 1790 g/mol. The first kappa shape index (κ1) is 141. The highest BCUT2D eigenvalue weighted by Crippen LogP contribution is 2.21. The van der Waals surface area contributed by atoms with E-state index in [1.165, 1.54) is 180 Å². The van der Waals surface area contributed by atoms with E-state index in [1.54, 1.807) is 0 Å². The first-order valence-corrected chi connectivity index (χ1v) is 54.3. The fourth-order valence-electron chi connectivity index (χ4n) is 14.5. The van der Waals surface area contributed by atoms with Crippen molar-refractivity contribution in [3.8, 4) is 0 Å². The van der Waals surface area contributed by atoms with Gasteiger partial charge >= 0.3 is 0 Å². The summed E-state index contributed by atoms with van der Waals surface area (Å²) in [6.45, 7) is 78.0. The van der Waals surface area contributed by atoms with E-state index in [2.05, 4.69) is 249 Å². The highest BCUT2D eigenvalue weighted by molar-refractivity contribution is 5.81. The van der Waals surface area contributed by atoms with Gasteiger partial charge in [-0.3, -0.25) is 43.2 Å². The molecule has 0 aliphatic carbocycles. The van der Waals surface area contributed by atoms with Crippen LogP contribution < -0.4 is 0 Å². The van der Waals surface area contributed by atoms with E-state index in [1.807, 2.05) is 0 Å². The molecule has 0 saturated carbocycles. The molecule has 756 valence electrons. The Bertz CT molecular complexity index is 2340. The van der Waals surface area contributed by atoms with E-state index in [0.29, 0.717) is 117 Å². The molecule has 0 aliphatic rings. The summed E-state index contributed by atoms with van der Waals surface area (Å²) in [4.78, 5) is 102. The molecule has 0 N–H and O–H groups in total. The highest BCUT2D eigenvalue weighted by atomic mass is 16.2. The molecule has 0 spiro atoms. The molecule has 0 aliphatic heterocycles. The quantitative estimate of drug-likeness (QED) is 0.0541. The molecule has 0 radical (unpaired) electrons. The van der Waals surface area contributed by atoms with E-state index < -0.39 is 0 Å². The molecule has 0 unspecified atom stereocenters. The van der Waals surface area contributed by atoms with E-state index in [-0.39, 0.29) is 0 Å². The minimum absolute atomic E-state index is 0.407. The van der Waals surface area contributed by atoms with Crippen molar-refractivity contribution < 1.29 is 43.2 Å². The number of hydrogen-bond donors (Lipinski definition) is 0. The van der Waals surface area contributed by atoms with Gasteiger partial charge in [-0.15, -0.1) is 0 Å². The van der Waals surface area contributed by atoms with Crippen molar-refractivity contribution in [1.82, 2.24) is 0 Å². The predicted octanol–water partition coefficient (Wildman–Crippen LogP) is 37.9. The van der Waals surface area contributed by atoms with Gasteiger partial charge in [-0.05, 0) is 158 Å². The van der Waals surface area contributed by atoms with Crippen LogP contribution in [0.3, 0.4) is 0 Å². The van der Waals surface area contributed by atoms with Gasteiger partial charge in [-0.25, -0.2) is 0 Å². The minimum Gasteiger partial charge on any atom is -0.300 e. The van der Waals surface area contributed by atoms with Gasteiger partial charge in [-0.2, -0.15) is 0 Å². The predicted molar refractivity (Wildman–Crippen MR) is 561 cm³/mol. The molecule has 0 amide bonds. The maximum atomic E-state index is 11.5. The van der Waals surface area contributed by atoms with Crippen LogP contribution in [0.5, 0.6) is 0 Å². The third-order valence-corrected chi connectivity index (χ3v) is 21.3. The molecular formula is C117H234O9. The number of hydrogen-bond acceptors (Lipinski definition) is 9. The summed E-state index contributed by atoms with van der Waals surface area (Å²) < 4.78 is 0. The Morgan fingerprint density at radius 2 is 0.206 bits per heavy atom. The molecule has 126 heavy (non-hydrogen) atoms. The zero-order valence-corrected chi connectivity index (χ0v) is 92.8. The topological polar surface area (TPSA) is 154 Å². The zero-order valence-electron chi connectivity index (χ0n) is 92.8. The van der Waals surface area contributed by atoms with Crippen LogP contribution in [-0.2, 0) is 43.2 Å². The van der Waals surface area contributed by atoms with Crippen LogP contribution in [0.25, 0.3) is 0 Å². The van der Waals surface area contributed by atoms with Crippen LogP contribution in [0, 0.1) is 107 Å². The normalized spacial score (nSPS) is 11.3. The van der Waals surface area contributed by atoms with Crippen molar-refractivity contribution in [3.05, 3.63) is 0 Å². The molecule has 0 aromatic rings. The van der Waals surface area contributed by atoms with Gasteiger partial charge < -0.3 is 0 Å². The van der Waals surface area contributed by atoms with Crippen LogP contribution in [0.4, 0.5) is 0 Å². The number of unbranched alkanes of at least 4 members (excludes halogenated alkanes) is 21. The molecule has 0 saturated heterocycles. The lowest BCUT2D eigenvalue weighted by atomic mass is 10.00. The molecule has 0 bridgehead atoms. The molecule has 0 aromatic carbocycles. The monoisotopic (exact) mass is 1780 g/mol. The molecule has 9 heteroatoms. The van der Waals surface area contributed by atoms with E-state index in [4.69, 9.17) is 0 Å². The van der Waals surface area contributed by atoms with Crippen molar-refractivity contribution in [2.75, 3.05) is 0 Å². The first-order chi connectivity index (χ1) is 58.7. The van der Waals surface area contributed by atoms with Gasteiger partial charge in [-0.1, -0.05) is 429 Å². The molecule has 0 fully saturated rings. The lowest BCUT2D eigenvalue weighted by Crippen LogP contribution is -2.05. The maximum Gasteiger partial charge on any atom is 0.133 e. The fourth-order valence-corrected chi connectivity index (χ4v) is 14.5. The third kappa shape index (κ3) is 158. The number of rotatable bonds is 72. The Morgan fingerprint density at radius 1 is 0.103 bits per heavy atom. The molecule has 0 aromatic heterocycles. The summed E-state index contributed by atoms with van der Waals surface area (Å²) in [5, 5.41) is 0. The summed E-state index contributed by atoms with van der Waals surface area (Å²) >= 11 is 0. The van der Waals surface area contributed by atoms with Crippen molar-refractivity contribution in [2.45, 2.75) is 596 Å². The first-order valence-electron chi connectivity index (χ1n) is 54.3. The summed E-state index contributed by atoms with van der Waals surface area (Å²) in [5.41, 5.74) is 0. The van der Waals surface area contributed by atoms with Crippen LogP contribution in [0.1, 0.15) is 596 Å². The van der Waals surface area contributed by atoms with E-state index >= 15 is 0 Å². The van der Waals surface area contributed by atoms with Crippen molar-refractivity contribution in [1.29, 1.82) is 0 Å². The SMILES string of the molecule is CC(C)CC(=O)CC(C)C.CC(C)CCC(=O)CC(C)C.CC(C)CCCC(=O)CC(C)C.CC(C)CCCCC(=O)CC(C)C.CC(C)CCCCCC(=O)CC(C)C.CC(C)CCCCCCC(=O)CC(C)C.CC(C)CCCCCCCC(=O)CC(C)C.CC(C)CCCCCCCCC(=O)CC(C)C.CC(C)CCCCCCCCCC(=O)CC(C)C. The number of Topliss-reactive ketones (excluding diaryl/α,β-unsaturated/α-hetero) is 9. The largest absolute Gasteiger partial charge is 0.300 e. The average Bonchev–Trinajstić information content (AvgIpc) is 0.844. The number of ketones is 9. The Kier molecular flexibility index (Phi) is 115. The van der Waals surface area contributed by atoms with Gasteiger partial charge in [0, 0.05) is 116 Å². The van der Waals surface area contributed by atoms with Crippen LogP contribution in [-0.4, -0.2) is 52.0 Å². The Labute approximate surface area is 793 Å². The second-order valence-electron chi connectivity index (χ2n) is 46.2. The highest BCUT2D eigenvalue weighted by Gasteiger charge is 2.13. The summed E-state index contributed by atoms with van der Waals surface area (Å²) in [6.07, 6.45) is 59.5. The van der Waals surface area contributed by atoms with Crippen molar-refractivity contribution >= 4 is 52.0 Å². The Morgan fingerprint density at radius 3 is 0.365 bits per heavy atom. The molecular weight excluding hydrogens is 1550 g/mol. The lowest BCUT2D eigenvalue weighted by molar-refractivity contribution is -0.121. The van der Waals surface area contributed by atoms with Crippen LogP contribution >= 0.6 is 0 Å². The molecule has 0 rings (SSSR count). The number of carbonyl (C=O) groups is 9. The van der Waals surface area contributed by atoms with Crippen molar-refractivity contribution in [3.63, 3.8) is 0 Å². The molecule has 0 atom stereocenters. The van der Waals surface area contributed by atoms with Gasteiger partial charge in [0.1, 0.15) is 52.0 Å². The standard InChI is InChI=1S/C17H34O.C16H32O.C15H30O.C14H28O.C13H26O.C12H24O.C11H22O.C10H20O.C9H18O/c1-15(2)12-10-8-6-5-7-9-11-13-17(18)14-16(3)4;1-14(2)11-9-7-5-6-8-10-12-16(17)13-15(3)4;1-13(2)10-8-6-5-7-9-11-15(16)12-14(3)4;1-12(2)9-7-5-6-8-10-14(15)11-13(3)4;1-11(2)8-6-5-7-9-13(14)10-12(3)4;1-10(2)7-5-6-8-12(13)9-11(3)4;1-9(2)6-5-7-11(12)8-10(3)4;1-8(2)5-6-10(11)7-9(3)4;1-7(2)5-9(10)6-8(3)4/h15-16H,5-14H2,1-4H3;14-15H,5-13H2,1-4H3;13-14H,5-12H2,1-4H3;12-13H,5-11H2,1-4H3;11-12H,5-10H2,1-4H3;10-11H,5-9H2,1-4H3;9-10H,5-8H2,1-4H3;8-9H,5-7H2,1-4H3;7-8H,5-6H2,1-4H3. The Hall–Kier alpha value is -2.97. The summed E-state index contributed by atoms with van der Waals surface area (Å²) in [7, 11) is 0. The van der Waals surface area contributed by atoms with Gasteiger partial charge in [0.05, 0.1) is 0 Å². The maximum absolute atomic E-state index is 11.5. The van der Waals surface area contributed by atoms with Gasteiger partial charge in [0.25, 0.3) is 0 Å². The smallest absolute Gasteiger partial charge is 0.133 e. The second-order valence-corrected chi connectivity index (χ2v) is 46.2. The fraction of sp³-hybridized carbons (Fsp3) is 0.923. The van der Waals surface area contributed by atoms with Crippen LogP contribution in [0.2, 0.25) is 0 Å². The van der Waals surface area contributed by atoms with E-state index in [0.717, 1.165) is 208 Å². The zero-order chi connectivity index (χ0) is 98.8.